The van der Waals surface area contributed by atoms with Gasteiger partial charge in [-0.3, -0.25) is 9.59 Å². The van der Waals surface area contributed by atoms with Gasteiger partial charge in [-0.25, -0.2) is 4.39 Å². The summed E-state index contributed by atoms with van der Waals surface area (Å²) in [5.41, 5.74) is 4.01. The van der Waals surface area contributed by atoms with E-state index in [1.807, 2.05) is 52.8 Å². The molecule has 1 atom stereocenters. The van der Waals surface area contributed by atoms with Crippen LogP contribution in [0.25, 0.3) is 0 Å². The van der Waals surface area contributed by atoms with Gasteiger partial charge in [-0.05, 0) is 68.5 Å². The third kappa shape index (κ3) is 6.41. The number of halogens is 1. The van der Waals surface area contributed by atoms with E-state index in [-0.39, 0.29) is 36.6 Å². The molecule has 0 aromatic heterocycles. The molecule has 1 unspecified atom stereocenters. The second-order valence-electron chi connectivity index (χ2n) is 7.83. The van der Waals surface area contributed by atoms with Gasteiger partial charge in [-0.1, -0.05) is 37.3 Å². The van der Waals surface area contributed by atoms with E-state index in [0.29, 0.717) is 6.42 Å². The Morgan fingerprint density at radius 3 is 2.17 bits per heavy atom. The molecule has 29 heavy (non-hydrogen) atoms. The Kier molecular flexibility index (Phi) is 7.94. The van der Waals surface area contributed by atoms with Crippen molar-refractivity contribution in [3.8, 4) is 0 Å². The van der Waals surface area contributed by atoms with E-state index in [0.717, 1.165) is 16.7 Å². The lowest BCUT2D eigenvalue weighted by Gasteiger charge is -2.31. The highest BCUT2D eigenvalue weighted by Gasteiger charge is 2.29. The monoisotopic (exact) mass is 398 g/mol. The van der Waals surface area contributed by atoms with Crippen molar-refractivity contribution in [3.63, 3.8) is 0 Å². The summed E-state index contributed by atoms with van der Waals surface area (Å²) < 4.78 is 13.3. The summed E-state index contributed by atoms with van der Waals surface area (Å²) in [5, 5.41) is 2.91. The van der Waals surface area contributed by atoms with E-state index < -0.39 is 6.04 Å². The van der Waals surface area contributed by atoms with Crippen molar-refractivity contribution >= 4 is 11.8 Å². The van der Waals surface area contributed by atoms with Gasteiger partial charge < -0.3 is 10.2 Å². The van der Waals surface area contributed by atoms with Crippen LogP contribution in [0.5, 0.6) is 0 Å². The molecule has 1 N–H and O–H groups in total. The Balaban J connectivity index is 2.30. The van der Waals surface area contributed by atoms with Crippen molar-refractivity contribution < 1.29 is 14.0 Å². The number of nitrogens with one attached hydrogen (secondary N) is 1. The average Bonchev–Trinajstić information content (AvgIpc) is 2.65. The molecule has 0 bridgehead atoms. The average molecular weight is 399 g/mol. The van der Waals surface area contributed by atoms with Crippen molar-refractivity contribution in [2.24, 2.45) is 0 Å². The Hall–Kier alpha value is -2.69. The highest BCUT2D eigenvalue weighted by atomic mass is 19.1. The van der Waals surface area contributed by atoms with E-state index >= 15 is 0 Å². The lowest BCUT2D eigenvalue weighted by molar-refractivity contribution is -0.141. The lowest BCUT2D eigenvalue weighted by Crippen LogP contribution is -2.50. The first-order valence-electron chi connectivity index (χ1n) is 10.1. The van der Waals surface area contributed by atoms with Crippen LogP contribution >= 0.6 is 0 Å². The van der Waals surface area contributed by atoms with Crippen molar-refractivity contribution in [2.45, 2.75) is 66.1 Å². The molecule has 0 fully saturated rings. The van der Waals surface area contributed by atoms with Crippen LogP contribution in [-0.2, 0) is 22.6 Å². The molecule has 5 heteroatoms. The van der Waals surface area contributed by atoms with E-state index in [4.69, 9.17) is 0 Å². The summed E-state index contributed by atoms with van der Waals surface area (Å²) in [6, 6.07) is 11.4. The summed E-state index contributed by atoms with van der Waals surface area (Å²) in [4.78, 5) is 27.6. The highest BCUT2D eigenvalue weighted by Crippen LogP contribution is 2.17. The maximum atomic E-state index is 13.3. The molecular formula is C24H31FN2O2. The van der Waals surface area contributed by atoms with Crippen LogP contribution in [0.4, 0.5) is 4.39 Å². The predicted molar refractivity (Wildman–Crippen MR) is 114 cm³/mol. The van der Waals surface area contributed by atoms with Gasteiger partial charge in [-0.15, -0.1) is 0 Å². The molecule has 0 heterocycles. The first kappa shape index (κ1) is 22.6. The summed E-state index contributed by atoms with van der Waals surface area (Å²) >= 11 is 0. The Bertz CT molecular complexity index is 846. The zero-order chi connectivity index (χ0) is 21.6. The molecule has 0 aliphatic heterocycles. The number of nitrogens with zero attached hydrogens (tertiary/aromatic N) is 1. The summed E-state index contributed by atoms with van der Waals surface area (Å²) in [5.74, 6) is -0.618. The number of rotatable bonds is 8. The Labute approximate surface area is 173 Å². The highest BCUT2D eigenvalue weighted by molar-refractivity contribution is 5.88. The van der Waals surface area contributed by atoms with Crippen molar-refractivity contribution in [2.75, 3.05) is 0 Å². The number of hydrogen-bond donors (Lipinski definition) is 1. The molecule has 2 aromatic rings. The second-order valence-corrected chi connectivity index (χ2v) is 7.83. The summed E-state index contributed by atoms with van der Waals surface area (Å²) in [7, 11) is 0. The first-order valence-corrected chi connectivity index (χ1v) is 10.1. The molecule has 0 aliphatic rings. The van der Waals surface area contributed by atoms with Gasteiger partial charge in [0.2, 0.25) is 11.8 Å². The molecule has 2 amide bonds. The molecule has 0 radical (unpaired) electrons. The SMILES string of the molecule is CCC(C(=O)NC(C)C)N(Cc1ccc(F)cc1)C(=O)Cc1ccc(C)c(C)c1. The number of carbonyl (C=O) groups excluding carboxylic acids is 2. The van der Waals surface area contributed by atoms with Crippen molar-refractivity contribution in [1.82, 2.24) is 10.2 Å². The molecule has 0 saturated carbocycles. The standard InChI is InChI=1S/C24H31FN2O2/c1-6-22(24(29)26-16(2)3)27(15-19-9-11-21(25)12-10-19)23(28)14-20-8-7-17(4)18(5)13-20/h7-13,16,22H,6,14-15H2,1-5H3,(H,26,29). The predicted octanol–water partition coefficient (Wildman–Crippen LogP) is 4.32. The quantitative estimate of drug-likeness (QED) is 0.720. The number of benzene rings is 2. The molecule has 2 aromatic carbocycles. The minimum atomic E-state index is -0.582. The molecule has 4 nitrogen and oxygen atoms in total. The first-order chi connectivity index (χ1) is 13.7. The summed E-state index contributed by atoms with van der Waals surface area (Å²) in [6.45, 7) is 9.99. The van der Waals surface area contributed by atoms with Crippen LogP contribution < -0.4 is 5.32 Å². The Morgan fingerprint density at radius 2 is 1.62 bits per heavy atom. The molecule has 156 valence electrons. The number of amides is 2. The molecule has 2 rings (SSSR count). The molecule has 0 saturated heterocycles. The van der Waals surface area contributed by atoms with Gasteiger partial charge in [0, 0.05) is 12.6 Å². The maximum absolute atomic E-state index is 13.3. The summed E-state index contributed by atoms with van der Waals surface area (Å²) in [6.07, 6.45) is 0.714. The van der Waals surface area contributed by atoms with E-state index in [9.17, 15) is 14.0 Å². The fraction of sp³-hybridized carbons (Fsp3) is 0.417. The topological polar surface area (TPSA) is 49.4 Å². The van der Waals surface area contributed by atoms with Gasteiger partial charge in [0.15, 0.2) is 0 Å². The second kappa shape index (κ2) is 10.2. The number of aryl methyl sites for hydroxylation is 2. The normalized spacial score (nSPS) is 12.0. The zero-order valence-electron chi connectivity index (χ0n) is 18.0. The smallest absolute Gasteiger partial charge is 0.243 e. The third-order valence-corrected chi connectivity index (χ3v) is 5.01. The van der Waals surface area contributed by atoms with Gasteiger partial charge in [0.05, 0.1) is 6.42 Å². The molecular weight excluding hydrogens is 367 g/mol. The van der Waals surface area contributed by atoms with Crippen LogP contribution in [0.3, 0.4) is 0 Å². The zero-order valence-corrected chi connectivity index (χ0v) is 18.0. The van der Waals surface area contributed by atoms with Gasteiger partial charge in [0.1, 0.15) is 11.9 Å². The van der Waals surface area contributed by atoms with Gasteiger partial charge in [0.25, 0.3) is 0 Å². The Morgan fingerprint density at radius 1 is 1.00 bits per heavy atom. The van der Waals surface area contributed by atoms with Gasteiger partial charge in [-0.2, -0.15) is 0 Å². The fourth-order valence-corrected chi connectivity index (χ4v) is 3.28. The van der Waals surface area contributed by atoms with E-state index in [2.05, 4.69) is 5.32 Å². The van der Waals surface area contributed by atoms with Gasteiger partial charge >= 0.3 is 0 Å². The molecule has 0 spiro atoms. The van der Waals surface area contributed by atoms with Crippen LogP contribution in [-0.4, -0.2) is 28.8 Å². The number of carbonyl (C=O) groups is 2. The van der Waals surface area contributed by atoms with E-state index in [1.165, 1.54) is 17.7 Å². The third-order valence-electron chi connectivity index (χ3n) is 5.01. The van der Waals surface area contributed by atoms with Crippen LogP contribution in [0.2, 0.25) is 0 Å². The van der Waals surface area contributed by atoms with Crippen molar-refractivity contribution in [3.05, 3.63) is 70.5 Å². The van der Waals surface area contributed by atoms with Crippen LogP contribution in [0.1, 0.15) is 49.4 Å². The largest absolute Gasteiger partial charge is 0.352 e. The van der Waals surface area contributed by atoms with Crippen molar-refractivity contribution in [1.29, 1.82) is 0 Å². The van der Waals surface area contributed by atoms with E-state index in [1.54, 1.807) is 17.0 Å². The minimum Gasteiger partial charge on any atom is -0.352 e. The van der Waals surface area contributed by atoms with Crippen LogP contribution in [0, 0.1) is 19.7 Å². The molecule has 0 aliphatic carbocycles. The maximum Gasteiger partial charge on any atom is 0.243 e. The fourth-order valence-electron chi connectivity index (χ4n) is 3.28. The number of hydrogen-bond acceptors (Lipinski definition) is 2. The minimum absolute atomic E-state index is 0.0147. The lowest BCUT2D eigenvalue weighted by atomic mass is 10.0. The van der Waals surface area contributed by atoms with Crippen LogP contribution in [0.15, 0.2) is 42.5 Å².